The maximum absolute atomic E-state index is 11.8. The lowest BCUT2D eigenvalue weighted by atomic mass is 10.2. The van der Waals surface area contributed by atoms with Gasteiger partial charge in [-0.05, 0) is 12.1 Å². The van der Waals surface area contributed by atoms with Gasteiger partial charge in [-0.3, -0.25) is 5.41 Å². The highest BCUT2D eigenvalue weighted by Gasteiger charge is 2.49. The summed E-state index contributed by atoms with van der Waals surface area (Å²) in [5.74, 6) is 1.46. The average molecular weight is 328 g/mol. The van der Waals surface area contributed by atoms with Gasteiger partial charge in [0.15, 0.2) is 15.0 Å². The lowest BCUT2D eigenvalue weighted by Gasteiger charge is -2.26. The van der Waals surface area contributed by atoms with Crippen LogP contribution in [0.2, 0.25) is 0 Å². The molecule has 2 heterocycles. The number of thioether (sulfide) groups is 1. The van der Waals surface area contributed by atoms with E-state index in [0.29, 0.717) is 22.4 Å². The topological polar surface area (TPSA) is 79.7 Å². The minimum absolute atomic E-state index is 0.0768. The van der Waals surface area contributed by atoms with Crippen molar-refractivity contribution in [2.45, 2.75) is 11.3 Å². The number of hydrogen-bond donors (Lipinski definition) is 1. The molecule has 0 amide bonds. The van der Waals surface area contributed by atoms with Crippen molar-refractivity contribution < 1.29 is 17.9 Å². The van der Waals surface area contributed by atoms with Gasteiger partial charge < -0.3 is 14.4 Å². The molecule has 2 saturated heterocycles. The van der Waals surface area contributed by atoms with Gasteiger partial charge in [-0.15, -0.1) is 0 Å². The number of ether oxygens (including phenoxy) is 2. The SMILES string of the molecule is COc1ccc(OC)c(N2C(=N)SC3CS(=O)(=O)CC32)c1. The van der Waals surface area contributed by atoms with E-state index in [4.69, 9.17) is 14.9 Å². The van der Waals surface area contributed by atoms with Crippen LogP contribution in [0.1, 0.15) is 0 Å². The number of rotatable bonds is 3. The van der Waals surface area contributed by atoms with E-state index in [-0.39, 0.29) is 22.8 Å². The van der Waals surface area contributed by atoms with E-state index < -0.39 is 9.84 Å². The van der Waals surface area contributed by atoms with E-state index >= 15 is 0 Å². The standard InChI is InChI=1S/C13H16N2O4S2/c1-18-8-3-4-11(19-2)9(5-8)15-10-6-21(16,17)7-12(10)20-13(15)14/h3-5,10,12,14H,6-7H2,1-2H3. The van der Waals surface area contributed by atoms with Gasteiger partial charge in [0, 0.05) is 11.3 Å². The summed E-state index contributed by atoms with van der Waals surface area (Å²) in [5.41, 5.74) is 0.680. The molecule has 3 rings (SSSR count). The fourth-order valence-corrected chi connectivity index (χ4v) is 6.56. The van der Waals surface area contributed by atoms with Crippen LogP contribution in [0.25, 0.3) is 0 Å². The van der Waals surface area contributed by atoms with Gasteiger partial charge in [0.05, 0.1) is 37.5 Å². The summed E-state index contributed by atoms with van der Waals surface area (Å²) in [5, 5.41) is 8.44. The molecular formula is C13H16N2O4S2. The van der Waals surface area contributed by atoms with Crippen LogP contribution in [0.3, 0.4) is 0 Å². The first-order valence-corrected chi connectivity index (χ1v) is 9.12. The summed E-state index contributed by atoms with van der Waals surface area (Å²) in [6.07, 6.45) is 0. The van der Waals surface area contributed by atoms with Gasteiger partial charge in [0.2, 0.25) is 0 Å². The molecule has 0 bridgehead atoms. The maximum Gasteiger partial charge on any atom is 0.161 e. The molecule has 21 heavy (non-hydrogen) atoms. The zero-order valence-corrected chi connectivity index (χ0v) is 13.3. The molecule has 0 aromatic heterocycles. The van der Waals surface area contributed by atoms with E-state index in [0.717, 1.165) is 0 Å². The summed E-state index contributed by atoms with van der Waals surface area (Å²) in [4.78, 5) is 1.75. The van der Waals surface area contributed by atoms with E-state index in [1.807, 2.05) is 0 Å². The fourth-order valence-electron chi connectivity index (χ4n) is 2.77. The van der Waals surface area contributed by atoms with Crippen LogP contribution in [0.15, 0.2) is 18.2 Å². The molecule has 2 unspecified atom stereocenters. The molecule has 2 aliphatic heterocycles. The van der Waals surface area contributed by atoms with Gasteiger partial charge in [-0.25, -0.2) is 8.42 Å². The minimum atomic E-state index is -3.04. The van der Waals surface area contributed by atoms with Crippen LogP contribution in [0.5, 0.6) is 11.5 Å². The fraction of sp³-hybridized carbons (Fsp3) is 0.462. The maximum atomic E-state index is 11.8. The Labute approximate surface area is 127 Å². The molecule has 2 aliphatic rings. The van der Waals surface area contributed by atoms with Crippen molar-refractivity contribution in [3.05, 3.63) is 18.2 Å². The van der Waals surface area contributed by atoms with Crippen molar-refractivity contribution in [1.29, 1.82) is 5.41 Å². The highest BCUT2D eigenvalue weighted by atomic mass is 32.2. The molecule has 2 atom stereocenters. The molecule has 1 N–H and O–H groups in total. The van der Waals surface area contributed by atoms with Crippen molar-refractivity contribution >= 4 is 32.5 Å². The van der Waals surface area contributed by atoms with Gasteiger partial charge in [-0.1, -0.05) is 11.8 Å². The molecule has 0 radical (unpaired) electrons. The Bertz CT molecular complexity index is 689. The Kier molecular flexibility index (Phi) is 3.53. The number of benzene rings is 1. The molecule has 8 heteroatoms. The molecule has 0 aliphatic carbocycles. The Morgan fingerprint density at radius 3 is 2.71 bits per heavy atom. The Hall–Kier alpha value is -1.41. The summed E-state index contributed by atoms with van der Waals surface area (Å²) in [6.45, 7) is 0. The molecule has 1 aromatic carbocycles. The predicted octanol–water partition coefficient (Wildman–Crippen LogP) is 1.36. The second kappa shape index (κ2) is 5.10. The summed E-state index contributed by atoms with van der Waals surface area (Å²) >= 11 is 1.31. The summed E-state index contributed by atoms with van der Waals surface area (Å²) < 4.78 is 34.3. The van der Waals surface area contributed by atoms with E-state index in [2.05, 4.69) is 0 Å². The number of anilines is 1. The third kappa shape index (κ3) is 2.46. The van der Waals surface area contributed by atoms with Gasteiger partial charge >= 0.3 is 0 Å². The van der Waals surface area contributed by atoms with E-state index in [1.54, 1.807) is 37.3 Å². The smallest absolute Gasteiger partial charge is 0.161 e. The first-order valence-electron chi connectivity index (χ1n) is 6.42. The molecule has 114 valence electrons. The number of methoxy groups -OCH3 is 2. The third-order valence-corrected chi connectivity index (χ3v) is 6.86. The lowest BCUT2D eigenvalue weighted by Crippen LogP contribution is -2.37. The second-order valence-electron chi connectivity index (χ2n) is 5.01. The van der Waals surface area contributed by atoms with Crippen LogP contribution in [-0.2, 0) is 9.84 Å². The Balaban J connectivity index is 2.04. The third-order valence-electron chi connectivity index (χ3n) is 3.73. The van der Waals surface area contributed by atoms with Crippen LogP contribution in [0, 0.1) is 5.41 Å². The zero-order valence-electron chi connectivity index (χ0n) is 11.7. The normalized spacial score (nSPS) is 26.8. The number of nitrogens with one attached hydrogen (secondary N) is 1. The molecular weight excluding hydrogens is 312 g/mol. The summed E-state index contributed by atoms with van der Waals surface area (Å²) in [6, 6.07) is 5.11. The van der Waals surface area contributed by atoms with Gasteiger partial charge in [-0.2, -0.15) is 0 Å². The summed E-state index contributed by atoms with van der Waals surface area (Å²) in [7, 11) is 0.0882. The number of nitrogens with zero attached hydrogens (tertiary/aromatic N) is 1. The molecule has 1 aromatic rings. The van der Waals surface area contributed by atoms with Crippen molar-refractivity contribution in [2.75, 3.05) is 30.6 Å². The Morgan fingerprint density at radius 2 is 2.05 bits per heavy atom. The number of sulfone groups is 1. The highest BCUT2D eigenvalue weighted by Crippen LogP contribution is 2.44. The monoisotopic (exact) mass is 328 g/mol. The second-order valence-corrected chi connectivity index (χ2v) is 8.40. The van der Waals surface area contributed by atoms with E-state index in [1.165, 1.54) is 11.8 Å². The van der Waals surface area contributed by atoms with Crippen LogP contribution in [-0.4, -0.2) is 50.6 Å². The highest BCUT2D eigenvalue weighted by molar-refractivity contribution is 8.15. The van der Waals surface area contributed by atoms with Crippen molar-refractivity contribution in [3.63, 3.8) is 0 Å². The molecule has 0 saturated carbocycles. The zero-order chi connectivity index (χ0) is 15.2. The molecule has 6 nitrogen and oxygen atoms in total. The number of hydrogen-bond acceptors (Lipinski definition) is 6. The predicted molar refractivity (Wildman–Crippen MR) is 83.6 cm³/mol. The number of amidine groups is 1. The first-order chi connectivity index (χ1) is 9.95. The van der Waals surface area contributed by atoms with E-state index in [9.17, 15) is 8.42 Å². The van der Waals surface area contributed by atoms with Gasteiger partial charge in [0.1, 0.15) is 11.5 Å². The average Bonchev–Trinajstić information content (AvgIpc) is 2.88. The first kappa shape index (κ1) is 14.5. The Morgan fingerprint density at radius 1 is 1.29 bits per heavy atom. The minimum Gasteiger partial charge on any atom is -0.497 e. The van der Waals surface area contributed by atoms with Crippen LogP contribution < -0.4 is 14.4 Å². The van der Waals surface area contributed by atoms with Gasteiger partial charge in [0.25, 0.3) is 0 Å². The molecule has 2 fully saturated rings. The quantitative estimate of drug-likeness (QED) is 0.902. The van der Waals surface area contributed by atoms with Crippen LogP contribution >= 0.6 is 11.8 Å². The van der Waals surface area contributed by atoms with Crippen LogP contribution in [0.4, 0.5) is 5.69 Å². The van der Waals surface area contributed by atoms with Crippen molar-refractivity contribution in [3.8, 4) is 11.5 Å². The molecule has 0 spiro atoms. The largest absolute Gasteiger partial charge is 0.497 e. The van der Waals surface area contributed by atoms with Crippen molar-refractivity contribution in [1.82, 2.24) is 0 Å². The number of fused-ring (bicyclic) bond motifs is 1. The van der Waals surface area contributed by atoms with Crippen molar-refractivity contribution in [2.24, 2.45) is 0 Å². The lowest BCUT2D eigenvalue weighted by molar-refractivity contribution is 0.403.